The molecular weight excluding hydrogens is 150 g/mol. The maximum absolute atomic E-state index is 9.61. The summed E-state index contributed by atoms with van der Waals surface area (Å²) in [5.41, 5.74) is -0.455. The van der Waals surface area contributed by atoms with Gasteiger partial charge in [0.05, 0.1) is 0 Å². The van der Waals surface area contributed by atoms with Crippen LogP contribution in [0.3, 0.4) is 0 Å². The zero-order valence-corrected chi connectivity index (χ0v) is 6.78. The minimum Gasteiger partial charge on any atom is -0.376 e. The van der Waals surface area contributed by atoms with Gasteiger partial charge in [-0.3, -0.25) is 5.32 Å². The molecule has 2 rings (SSSR count). The molecule has 2 fully saturated rings. The maximum atomic E-state index is 9.61. The first-order chi connectivity index (χ1) is 4.29. The Morgan fingerprint density at radius 1 is 1.30 bits per heavy atom. The van der Waals surface area contributed by atoms with Crippen LogP contribution in [0, 0.1) is 0 Å². The Balaban J connectivity index is 0.000000500. The van der Waals surface area contributed by atoms with Crippen molar-refractivity contribution in [3.8, 4) is 0 Å². The fourth-order valence-corrected chi connectivity index (χ4v) is 1.99. The van der Waals surface area contributed by atoms with Crippen molar-refractivity contribution in [2.24, 2.45) is 0 Å². The van der Waals surface area contributed by atoms with Gasteiger partial charge in [0.1, 0.15) is 5.72 Å². The Bertz CT molecular complexity index is 127. The van der Waals surface area contributed by atoms with Gasteiger partial charge in [0.25, 0.3) is 0 Å². The number of nitrogens with one attached hydrogen (secondary N) is 1. The van der Waals surface area contributed by atoms with Crippen molar-refractivity contribution in [1.29, 1.82) is 0 Å². The van der Waals surface area contributed by atoms with E-state index < -0.39 is 5.72 Å². The molecule has 0 aromatic rings. The van der Waals surface area contributed by atoms with Gasteiger partial charge in [-0.05, 0) is 32.1 Å². The smallest absolute Gasteiger partial charge is 0.116 e. The predicted octanol–water partition coefficient (Wildman–Crippen LogP) is 1.03. The van der Waals surface area contributed by atoms with Gasteiger partial charge in [-0.2, -0.15) is 0 Å². The molecule has 0 radical (unpaired) electrons. The van der Waals surface area contributed by atoms with Crippen molar-refractivity contribution >= 4 is 12.4 Å². The van der Waals surface area contributed by atoms with Gasteiger partial charge >= 0.3 is 0 Å². The number of piperidine rings is 1. The van der Waals surface area contributed by atoms with Gasteiger partial charge in [-0.1, -0.05) is 0 Å². The summed E-state index contributed by atoms with van der Waals surface area (Å²) in [6.07, 6.45) is 5.58. The Morgan fingerprint density at radius 3 is 2.70 bits per heavy atom. The molecule has 2 aliphatic heterocycles. The van der Waals surface area contributed by atoms with Gasteiger partial charge in [0.15, 0.2) is 0 Å². The highest BCUT2D eigenvalue weighted by molar-refractivity contribution is 5.85. The van der Waals surface area contributed by atoms with Crippen molar-refractivity contribution in [2.45, 2.75) is 43.9 Å². The van der Waals surface area contributed by atoms with Crippen LogP contribution in [0.5, 0.6) is 0 Å². The molecule has 2 N–H and O–H groups in total. The average Bonchev–Trinajstić information content (AvgIpc) is 2.07. The molecular formula is C7H14ClNO. The van der Waals surface area contributed by atoms with E-state index >= 15 is 0 Å². The summed E-state index contributed by atoms with van der Waals surface area (Å²) in [4.78, 5) is 0. The standard InChI is InChI=1S/C7H13NO.ClH/c9-7-4-1-2-6(8-7)3-5-7;/h6,8-9H,1-5H2;1H. The molecule has 2 bridgehead atoms. The van der Waals surface area contributed by atoms with Gasteiger partial charge in [0, 0.05) is 6.04 Å². The van der Waals surface area contributed by atoms with E-state index in [-0.39, 0.29) is 12.4 Å². The second-order valence-corrected chi connectivity index (χ2v) is 3.30. The van der Waals surface area contributed by atoms with E-state index in [4.69, 9.17) is 0 Å². The van der Waals surface area contributed by atoms with Crippen LogP contribution in [-0.4, -0.2) is 16.9 Å². The van der Waals surface area contributed by atoms with Gasteiger partial charge in [-0.15, -0.1) is 12.4 Å². The number of hydrogen-bond acceptors (Lipinski definition) is 2. The molecule has 60 valence electrons. The van der Waals surface area contributed by atoms with Gasteiger partial charge < -0.3 is 5.11 Å². The fraction of sp³-hybridized carbons (Fsp3) is 1.00. The first-order valence-electron chi connectivity index (χ1n) is 3.79. The first kappa shape index (κ1) is 8.31. The topological polar surface area (TPSA) is 32.3 Å². The lowest BCUT2D eigenvalue weighted by Gasteiger charge is -2.28. The Hall–Kier alpha value is 0.210. The molecule has 2 nitrogen and oxygen atoms in total. The Labute approximate surface area is 67.4 Å². The minimum absolute atomic E-state index is 0. The Kier molecular flexibility index (Phi) is 2.23. The highest BCUT2D eigenvalue weighted by Gasteiger charge is 2.39. The summed E-state index contributed by atoms with van der Waals surface area (Å²) < 4.78 is 0. The molecule has 0 amide bonds. The lowest BCUT2D eigenvalue weighted by Crippen LogP contribution is -2.46. The second kappa shape index (κ2) is 2.68. The zero-order chi connectivity index (χ0) is 6.32. The molecule has 3 heteroatoms. The number of rotatable bonds is 0. The Morgan fingerprint density at radius 2 is 2.10 bits per heavy atom. The van der Waals surface area contributed by atoms with Crippen molar-refractivity contribution < 1.29 is 5.11 Å². The van der Waals surface area contributed by atoms with Crippen LogP contribution in [0.15, 0.2) is 0 Å². The summed E-state index contributed by atoms with van der Waals surface area (Å²) in [6, 6.07) is 0.628. The molecule has 2 aliphatic rings. The summed E-state index contributed by atoms with van der Waals surface area (Å²) in [5.74, 6) is 0. The third kappa shape index (κ3) is 1.29. The fourth-order valence-electron chi connectivity index (χ4n) is 1.99. The van der Waals surface area contributed by atoms with E-state index in [0.717, 1.165) is 12.8 Å². The van der Waals surface area contributed by atoms with E-state index in [1.165, 1.54) is 19.3 Å². The molecule has 0 spiro atoms. The largest absolute Gasteiger partial charge is 0.376 e. The predicted molar refractivity (Wildman–Crippen MR) is 42.2 cm³/mol. The molecule has 0 saturated carbocycles. The second-order valence-electron chi connectivity index (χ2n) is 3.30. The monoisotopic (exact) mass is 163 g/mol. The third-order valence-electron chi connectivity index (χ3n) is 2.52. The maximum Gasteiger partial charge on any atom is 0.116 e. The van der Waals surface area contributed by atoms with Gasteiger partial charge in [-0.25, -0.2) is 0 Å². The molecule has 2 heterocycles. The summed E-state index contributed by atoms with van der Waals surface area (Å²) in [6.45, 7) is 0. The van der Waals surface area contributed by atoms with Crippen molar-refractivity contribution in [2.75, 3.05) is 0 Å². The van der Waals surface area contributed by atoms with E-state index in [0.29, 0.717) is 6.04 Å². The molecule has 2 saturated heterocycles. The van der Waals surface area contributed by atoms with E-state index in [2.05, 4.69) is 5.32 Å². The van der Waals surface area contributed by atoms with Crippen LogP contribution in [0.1, 0.15) is 32.1 Å². The van der Waals surface area contributed by atoms with E-state index in [9.17, 15) is 5.11 Å². The molecule has 10 heavy (non-hydrogen) atoms. The molecule has 0 aromatic heterocycles. The highest BCUT2D eigenvalue weighted by Crippen LogP contribution is 2.32. The number of hydrogen-bond donors (Lipinski definition) is 2. The first-order valence-corrected chi connectivity index (χ1v) is 3.79. The molecule has 2 atom stereocenters. The third-order valence-corrected chi connectivity index (χ3v) is 2.52. The molecule has 0 aliphatic carbocycles. The number of aliphatic hydroxyl groups is 1. The quantitative estimate of drug-likeness (QED) is 0.559. The van der Waals surface area contributed by atoms with Crippen molar-refractivity contribution in [3.63, 3.8) is 0 Å². The lowest BCUT2D eigenvalue weighted by molar-refractivity contribution is -0.00250. The number of fused-ring (bicyclic) bond motifs is 2. The summed E-state index contributed by atoms with van der Waals surface area (Å²) in [5, 5.41) is 12.8. The molecule has 2 unspecified atom stereocenters. The summed E-state index contributed by atoms with van der Waals surface area (Å²) >= 11 is 0. The van der Waals surface area contributed by atoms with Crippen LogP contribution in [0.4, 0.5) is 0 Å². The summed E-state index contributed by atoms with van der Waals surface area (Å²) in [7, 11) is 0. The van der Waals surface area contributed by atoms with Crippen LogP contribution in [-0.2, 0) is 0 Å². The van der Waals surface area contributed by atoms with Crippen LogP contribution in [0.2, 0.25) is 0 Å². The SMILES string of the molecule is Cl.OC12CCCC(CC1)N2. The minimum atomic E-state index is -0.455. The zero-order valence-electron chi connectivity index (χ0n) is 5.97. The van der Waals surface area contributed by atoms with Crippen LogP contribution >= 0.6 is 12.4 Å². The van der Waals surface area contributed by atoms with Gasteiger partial charge in [0.2, 0.25) is 0 Å². The van der Waals surface area contributed by atoms with E-state index in [1.807, 2.05) is 0 Å². The van der Waals surface area contributed by atoms with Crippen LogP contribution in [0.25, 0.3) is 0 Å². The molecule has 0 aromatic carbocycles. The van der Waals surface area contributed by atoms with Crippen molar-refractivity contribution in [1.82, 2.24) is 5.32 Å². The van der Waals surface area contributed by atoms with E-state index in [1.54, 1.807) is 0 Å². The lowest BCUT2D eigenvalue weighted by atomic mass is 10.0. The number of halogens is 1. The normalized spacial score (nSPS) is 44.7. The average molecular weight is 164 g/mol. The van der Waals surface area contributed by atoms with Crippen molar-refractivity contribution in [3.05, 3.63) is 0 Å². The van der Waals surface area contributed by atoms with Crippen LogP contribution < -0.4 is 5.32 Å². The highest BCUT2D eigenvalue weighted by atomic mass is 35.5.